The molecule has 22 heavy (non-hydrogen) atoms. The van der Waals surface area contributed by atoms with Crippen LogP contribution in [0.1, 0.15) is 38.0 Å². The summed E-state index contributed by atoms with van der Waals surface area (Å²) in [6.45, 7) is 7.01. The molecule has 2 amide bonds. The summed E-state index contributed by atoms with van der Waals surface area (Å²) >= 11 is 1.62. The number of amides is 2. The summed E-state index contributed by atoms with van der Waals surface area (Å²) in [5.41, 5.74) is 0. The van der Waals surface area contributed by atoms with Crippen LogP contribution in [0.3, 0.4) is 0 Å². The quantitative estimate of drug-likeness (QED) is 0.836. The molecule has 0 radical (unpaired) electrons. The molecule has 0 N–H and O–H groups in total. The lowest BCUT2D eigenvalue weighted by molar-refractivity contribution is -0.136. The summed E-state index contributed by atoms with van der Waals surface area (Å²) in [5, 5.41) is 2.00. The van der Waals surface area contributed by atoms with Crippen molar-refractivity contribution < 1.29 is 9.59 Å². The molecule has 0 saturated carbocycles. The fourth-order valence-electron chi connectivity index (χ4n) is 2.96. The van der Waals surface area contributed by atoms with E-state index in [0.29, 0.717) is 19.5 Å². The van der Waals surface area contributed by atoms with Gasteiger partial charge in [0.1, 0.15) is 0 Å². The van der Waals surface area contributed by atoms with Crippen LogP contribution in [0.5, 0.6) is 0 Å². The van der Waals surface area contributed by atoms with Crippen molar-refractivity contribution in [3.05, 3.63) is 22.4 Å². The number of carbonyl (C=O) groups is 2. The van der Waals surface area contributed by atoms with Gasteiger partial charge in [-0.15, -0.1) is 11.3 Å². The summed E-state index contributed by atoms with van der Waals surface area (Å²) in [5.74, 6) is 0.574. The largest absolute Gasteiger partial charge is 0.341 e. The maximum absolute atomic E-state index is 12.5. The van der Waals surface area contributed by atoms with Crippen molar-refractivity contribution in [3.8, 4) is 0 Å². The third-order valence-electron chi connectivity index (χ3n) is 4.40. The molecule has 0 spiro atoms. The SMILES string of the molecule is CCC(CC)C(=O)N1CCCN(C(=O)Cc2cccs2)CC1. The van der Waals surface area contributed by atoms with E-state index in [0.717, 1.165) is 37.2 Å². The van der Waals surface area contributed by atoms with Gasteiger partial charge in [0.15, 0.2) is 0 Å². The highest BCUT2D eigenvalue weighted by atomic mass is 32.1. The Morgan fingerprint density at radius 2 is 1.82 bits per heavy atom. The van der Waals surface area contributed by atoms with E-state index in [2.05, 4.69) is 13.8 Å². The molecular weight excluding hydrogens is 296 g/mol. The van der Waals surface area contributed by atoms with Gasteiger partial charge in [0, 0.05) is 37.0 Å². The third kappa shape index (κ3) is 4.32. The normalized spacial score (nSPS) is 16.0. The average molecular weight is 322 g/mol. The Morgan fingerprint density at radius 3 is 2.45 bits per heavy atom. The van der Waals surface area contributed by atoms with Crippen LogP contribution in [0.15, 0.2) is 17.5 Å². The smallest absolute Gasteiger partial charge is 0.227 e. The molecule has 4 nitrogen and oxygen atoms in total. The van der Waals surface area contributed by atoms with Gasteiger partial charge in [-0.3, -0.25) is 9.59 Å². The molecule has 1 aliphatic rings. The van der Waals surface area contributed by atoms with Gasteiger partial charge in [-0.25, -0.2) is 0 Å². The molecule has 0 aromatic carbocycles. The van der Waals surface area contributed by atoms with Gasteiger partial charge in [0.05, 0.1) is 6.42 Å². The van der Waals surface area contributed by atoms with Crippen molar-refractivity contribution in [3.63, 3.8) is 0 Å². The van der Waals surface area contributed by atoms with E-state index in [1.807, 2.05) is 27.3 Å². The van der Waals surface area contributed by atoms with E-state index in [1.165, 1.54) is 0 Å². The molecule has 2 heterocycles. The van der Waals surface area contributed by atoms with Crippen LogP contribution in [0.25, 0.3) is 0 Å². The maximum atomic E-state index is 12.5. The minimum Gasteiger partial charge on any atom is -0.341 e. The Kier molecular flexibility index (Phi) is 6.43. The van der Waals surface area contributed by atoms with Crippen LogP contribution in [-0.2, 0) is 16.0 Å². The number of hydrogen-bond acceptors (Lipinski definition) is 3. The standard InChI is InChI=1S/C17H26N2O2S/c1-3-14(4-2)17(21)19-9-6-8-18(10-11-19)16(20)13-15-7-5-12-22-15/h5,7,12,14H,3-4,6,8-11,13H2,1-2H3. The molecule has 2 rings (SSSR count). The van der Waals surface area contributed by atoms with Crippen LogP contribution in [0.2, 0.25) is 0 Å². The van der Waals surface area contributed by atoms with Gasteiger partial charge in [-0.2, -0.15) is 0 Å². The van der Waals surface area contributed by atoms with Crippen molar-refractivity contribution in [1.82, 2.24) is 9.80 Å². The summed E-state index contributed by atoms with van der Waals surface area (Å²) in [7, 11) is 0. The molecular formula is C17H26N2O2S. The fraction of sp³-hybridized carbons (Fsp3) is 0.647. The first-order valence-corrected chi connectivity index (χ1v) is 9.12. The van der Waals surface area contributed by atoms with Gasteiger partial charge >= 0.3 is 0 Å². The lowest BCUT2D eigenvalue weighted by atomic mass is 10.0. The van der Waals surface area contributed by atoms with Crippen LogP contribution < -0.4 is 0 Å². The first kappa shape index (κ1) is 17.0. The summed E-state index contributed by atoms with van der Waals surface area (Å²) in [4.78, 5) is 29.8. The van der Waals surface area contributed by atoms with Crippen molar-refractivity contribution in [2.45, 2.75) is 39.5 Å². The minimum atomic E-state index is 0.133. The Morgan fingerprint density at radius 1 is 1.14 bits per heavy atom. The molecule has 0 bridgehead atoms. The maximum Gasteiger partial charge on any atom is 0.227 e. The van der Waals surface area contributed by atoms with E-state index < -0.39 is 0 Å². The topological polar surface area (TPSA) is 40.6 Å². The predicted molar refractivity (Wildman–Crippen MR) is 89.9 cm³/mol. The number of nitrogens with zero attached hydrogens (tertiary/aromatic N) is 2. The van der Waals surface area contributed by atoms with Crippen LogP contribution in [0, 0.1) is 5.92 Å². The van der Waals surface area contributed by atoms with E-state index in [9.17, 15) is 9.59 Å². The van der Waals surface area contributed by atoms with Crippen LogP contribution in [0.4, 0.5) is 0 Å². The number of carbonyl (C=O) groups excluding carboxylic acids is 2. The number of hydrogen-bond donors (Lipinski definition) is 0. The summed E-state index contributed by atoms with van der Waals surface area (Å²) < 4.78 is 0. The van der Waals surface area contributed by atoms with Crippen LogP contribution >= 0.6 is 11.3 Å². The average Bonchev–Trinajstić information content (AvgIpc) is 2.89. The molecule has 1 aromatic heterocycles. The van der Waals surface area contributed by atoms with Gasteiger partial charge < -0.3 is 9.80 Å². The first-order valence-electron chi connectivity index (χ1n) is 8.24. The first-order chi connectivity index (χ1) is 10.7. The zero-order chi connectivity index (χ0) is 15.9. The highest BCUT2D eigenvalue weighted by molar-refractivity contribution is 7.10. The van der Waals surface area contributed by atoms with Crippen molar-refractivity contribution in [1.29, 1.82) is 0 Å². The fourth-order valence-corrected chi connectivity index (χ4v) is 3.65. The van der Waals surface area contributed by atoms with E-state index in [1.54, 1.807) is 11.3 Å². The molecule has 1 aliphatic heterocycles. The van der Waals surface area contributed by atoms with Gasteiger partial charge in [0.2, 0.25) is 11.8 Å². The van der Waals surface area contributed by atoms with Gasteiger partial charge in [-0.1, -0.05) is 19.9 Å². The van der Waals surface area contributed by atoms with E-state index in [-0.39, 0.29) is 17.7 Å². The summed E-state index contributed by atoms with van der Waals surface area (Å²) in [6, 6.07) is 3.98. The molecule has 1 fully saturated rings. The Hall–Kier alpha value is -1.36. The Balaban J connectivity index is 1.89. The second-order valence-corrected chi connectivity index (χ2v) is 6.86. The van der Waals surface area contributed by atoms with Gasteiger partial charge in [0.25, 0.3) is 0 Å². The molecule has 5 heteroatoms. The predicted octanol–water partition coefficient (Wildman–Crippen LogP) is 2.79. The Labute approximate surface area is 137 Å². The lowest BCUT2D eigenvalue weighted by Gasteiger charge is -2.25. The number of rotatable bonds is 5. The zero-order valence-electron chi connectivity index (χ0n) is 13.6. The number of thiophene rings is 1. The molecule has 1 aromatic rings. The molecule has 1 saturated heterocycles. The van der Waals surface area contributed by atoms with Crippen molar-refractivity contribution >= 4 is 23.2 Å². The third-order valence-corrected chi connectivity index (χ3v) is 5.28. The molecule has 122 valence electrons. The molecule has 0 atom stereocenters. The van der Waals surface area contributed by atoms with Crippen molar-refractivity contribution in [2.75, 3.05) is 26.2 Å². The van der Waals surface area contributed by atoms with Crippen molar-refractivity contribution in [2.24, 2.45) is 5.92 Å². The highest BCUT2D eigenvalue weighted by Gasteiger charge is 2.25. The van der Waals surface area contributed by atoms with Crippen LogP contribution in [-0.4, -0.2) is 47.8 Å². The second kappa shape index (κ2) is 8.32. The highest BCUT2D eigenvalue weighted by Crippen LogP contribution is 2.15. The van der Waals surface area contributed by atoms with E-state index >= 15 is 0 Å². The lowest BCUT2D eigenvalue weighted by Crippen LogP contribution is -2.40. The minimum absolute atomic E-state index is 0.133. The van der Waals surface area contributed by atoms with Gasteiger partial charge in [-0.05, 0) is 30.7 Å². The molecule has 0 aliphatic carbocycles. The van der Waals surface area contributed by atoms with E-state index in [4.69, 9.17) is 0 Å². The monoisotopic (exact) mass is 322 g/mol. The molecule has 0 unspecified atom stereocenters. The Bertz CT molecular complexity index is 483. The summed E-state index contributed by atoms with van der Waals surface area (Å²) in [6.07, 6.45) is 3.15. The zero-order valence-corrected chi connectivity index (χ0v) is 14.4. The second-order valence-electron chi connectivity index (χ2n) is 5.83.